The Kier molecular flexibility index (Phi) is 3.73. The summed E-state index contributed by atoms with van der Waals surface area (Å²) in [5.41, 5.74) is 6.20. The molecule has 0 aromatic heterocycles. The first-order valence-corrected chi connectivity index (χ1v) is 6.71. The molecular weight excluding hydrogens is 230 g/mol. The number of hydrogen-bond acceptors (Lipinski definition) is 4. The van der Waals surface area contributed by atoms with Gasteiger partial charge in [0.25, 0.3) is 0 Å². The molecule has 0 aromatic carbocycles. The molecule has 5 heteroatoms. The molecule has 0 aliphatic carbocycles. The number of piperidine rings is 1. The van der Waals surface area contributed by atoms with Gasteiger partial charge in [-0.2, -0.15) is 0 Å². The first-order chi connectivity index (χ1) is 8.40. The average Bonchev–Trinajstić information content (AvgIpc) is 2.61. The number of hydrogen-bond donors (Lipinski definition) is 1. The Morgan fingerprint density at radius 3 is 2.39 bits per heavy atom. The topological polar surface area (TPSA) is 66.6 Å². The summed E-state index contributed by atoms with van der Waals surface area (Å²) in [6.07, 6.45) is 1.75. The smallest absolute Gasteiger partial charge is 0.229 e. The van der Waals surface area contributed by atoms with Crippen molar-refractivity contribution in [1.29, 1.82) is 0 Å². The fourth-order valence-electron chi connectivity index (χ4n) is 2.79. The molecule has 18 heavy (non-hydrogen) atoms. The van der Waals surface area contributed by atoms with Gasteiger partial charge >= 0.3 is 0 Å². The Bertz CT molecular complexity index is 338. The van der Waals surface area contributed by atoms with Crippen LogP contribution in [0.3, 0.4) is 0 Å². The van der Waals surface area contributed by atoms with Crippen molar-refractivity contribution in [1.82, 2.24) is 9.80 Å². The lowest BCUT2D eigenvalue weighted by Crippen LogP contribution is -2.53. The molecule has 2 aliphatic rings. The van der Waals surface area contributed by atoms with E-state index in [9.17, 15) is 9.59 Å². The minimum Gasteiger partial charge on any atom is -0.327 e. The van der Waals surface area contributed by atoms with Crippen molar-refractivity contribution in [2.45, 2.75) is 39.2 Å². The third-order valence-electron chi connectivity index (χ3n) is 4.19. The molecule has 0 radical (unpaired) electrons. The van der Waals surface area contributed by atoms with Gasteiger partial charge in [-0.15, -0.1) is 0 Å². The van der Waals surface area contributed by atoms with E-state index in [0.717, 1.165) is 26.1 Å². The van der Waals surface area contributed by atoms with Crippen LogP contribution < -0.4 is 5.73 Å². The van der Waals surface area contributed by atoms with Gasteiger partial charge in [0, 0.05) is 38.5 Å². The van der Waals surface area contributed by atoms with Gasteiger partial charge in [0.2, 0.25) is 11.8 Å². The second kappa shape index (κ2) is 4.97. The van der Waals surface area contributed by atoms with E-state index in [4.69, 9.17) is 5.73 Å². The summed E-state index contributed by atoms with van der Waals surface area (Å²) in [5, 5.41) is 0. The molecule has 0 aromatic rings. The molecule has 0 spiro atoms. The number of nitrogens with two attached hydrogens (primary N) is 1. The number of carbonyl (C=O) groups excluding carboxylic acids is 2. The largest absolute Gasteiger partial charge is 0.327 e. The molecule has 2 amide bonds. The Morgan fingerprint density at radius 2 is 1.83 bits per heavy atom. The molecular formula is C13H23N3O2. The van der Waals surface area contributed by atoms with Gasteiger partial charge in [-0.25, -0.2) is 0 Å². The molecule has 102 valence electrons. The molecule has 5 nitrogen and oxygen atoms in total. The minimum atomic E-state index is -0.0204. The van der Waals surface area contributed by atoms with Crippen LogP contribution in [0.15, 0.2) is 0 Å². The lowest BCUT2D eigenvalue weighted by atomic mass is 9.80. The Labute approximate surface area is 108 Å². The maximum absolute atomic E-state index is 11.5. The molecule has 1 unspecified atom stereocenters. The van der Waals surface area contributed by atoms with Crippen molar-refractivity contribution in [3.05, 3.63) is 0 Å². The predicted molar refractivity (Wildman–Crippen MR) is 68.8 cm³/mol. The summed E-state index contributed by atoms with van der Waals surface area (Å²) in [6, 6.07) is 0.240. The summed E-state index contributed by atoms with van der Waals surface area (Å²) in [7, 11) is 0. The maximum atomic E-state index is 11.5. The van der Waals surface area contributed by atoms with Gasteiger partial charge in [0.1, 0.15) is 0 Å². The second-order valence-electron chi connectivity index (χ2n) is 6.10. The van der Waals surface area contributed by atoms with Gasteiger partial charge in [-0.1, -0.05) is 13.8 Å². The van der Waals surface area contributed by atoms with Crippen molar-refractivity contribution in [3.63, 3.8) is 0 Å². The summed E-state index contributed by atoms with van der Waals surface area (Å²) < 4.78 is 0. The van der Waals surface area contributed by atoms with Crippen LogP contribution in [-0.2, 0) is 9.59 Å². The van der Waals surface area contributed by atoms with Gasteiger partial charge in [-0.3, -0.25) is 14.5 Å². The monoisotopic (exact) mass is 253 g/mol. The zero-order valence-electron chi connectivity index (χ0n) is 11.3. The van der Waals surface area contributed by atoms with Gasteiger partial charge < -0.3 is 10.6 Å². The molecule has 2 saturated heterocycles. The second-order valence-corrected chi connectivity index (χ2v) is 6.10. The Morgan fingerprint density at radius 1 is 1.22 bits per heavy atom. The minimum absolute atomic E-state index is 0.0204. The lowest BCUT2D eigenvalue weighted by molar-refractivity contribution is -0.138. The van der Waals surface area contributed by atoms with E-state index >= 15 is 0 Å². The highest BCUT2D eigenvalue weighted by molar-refractivity contribution is 6.01. The van der Waals surface area contributed by atoms with E-state index in [1.165, 1.54) is 4.90 Å². The van der Waals surface area contributed by atoms with Crippen LogP contribution in [0, 0.1) is 5.41 Å². The van der Waals surface area contributed by atoms with Crippen molar-refractivity contribution in [2.24, 2.45) is 11.1 Å². The van der Waals surface area contributed by atoms with Crippen molar-refractivity contribution in [2.75, 3.05) is 26.2 Å². The van der Waals surface area contributed by atoms with Crippen LogP contribution in [0.1, 0.15) is 33.1 Å². The summed E-state index contributed by atoms with van der Waals surface area (Å²) in [5.74, 6) is -0.0408. The third-order valence-corrected chi connectivity index (χ3v) is 4.19. The maximum Gasteiger partial charge on any atom is 0.229 e. The van der Waals surface area contributed by atoms with E-state index < -0.39 is 0 Å². The molecule has 2 heterocycles. The standard InChI is InChI=1S/C13H23N3O2/c1-13(2)9-15(6-5-10(13)14)7-8-16-11(17)3-4-12(16)18/h10H,3-9,14H2,1-2H3. The SMILES string of the molecule is CC1(C)CN(CCN2C(=O)CCC2=O)CCC1N. The number of nitrogens with zero attached hydrogens (tertiary/aromatic N) is 2. The lowest BCUT2D eigenvalue weighted by Gasteiger charge is -2.42. The fourth-order valence-corrected chi connectivity index (χ4v) is 2.79. The highest BCUT2D eigenvalue weighted by Crippen LogP contribution is 2.27. The molecule has 0 bridgehead atoms. The fraction of sp³-hybridized carbons (Fsp3) is 0.846. The molecule has 2 fully saturated rings. The van der Waals surface area contributed by atoms with Crippen LogP contribution in [0.2, 0.25) is 0 Å². The van der Waals surface area contributed by atoms with E-state index in [0.29, 0.717) is 19.4 Å². The third kappa shape index (κ3) is 2.72. The number of likely N-dealkylation sites (tertiary alicyclic amines) is 2. The van der Waals surface area contributed by atoms with E-state index in [1.807, 2.05) is 0 Å². The van der Waals surface area contributed by atoms with E-state index in [2.05, 4.69) is 18.7 Å². The molecule has 2 aliphatic heterocycles. The average molecular weight is 253 g/mol. The Balaban J connectivity index is 1.84. The summed E-state index contributed by atoms with van der Waals surface area (Å²) in [4.78, 5) is 26.7. The first-order valence-electron chi connectivity index (χ1n) is 6.71. The number of rotatable bonds is 3. The van der Waals surface area contributed by atoms with Crippen LogP contribution >= 0.6 is 0 Å². The highest BCUT2D eigenvalue weighted by atomic mass is 16.2. The number of carbonyl (C=O) groups is 2. The molecule has 2 rings (SSSR count). The quantitative estimate of drug-likeness (QED) is 0.729. The van der Waals surface area contributed by atoms with Crippen molar-refractivity contribution in [3.8, 4) is 0 Å². The number of amides is 2. The van der Waals surface area contributed by atoms with Crippen LogP contribution in [0.5, 0.6) is 0 Å². The molecule has 1 atom stereocenters. The van der Waals surface area contributed by atoms with Crippen molar-refractivity contribution >= 4 is 11.8 Å². The predicted octanol–water partition coefficient (Wildman–Crippen LogP) is 0.195. The van der Waals surface area contributed by atoms with Gasteiger partial charge in [-0.05, 0) is 18.4 Å². The Hall–Kier alpha value is -0.940. The number of imide groups is 1. The van der Waals surface area contributed by atoms with Crippen LogP contribution in [0.25, 0.3) is 0 Å². The summed E-state index contributed by atoms with van der Waals surface area (Å²) in [6.45, 7) is 7.55. The van der Waals surface area contributed by atoms with Crippen LogP contribution in [0.4, 0.5) is 0 Å². The zero-order valence-corrected chi connectivity index (χ0v) is 11.3. The zero-order chi connectivity index (χ0) is 13.3. The molecule has 2 N–H and O–H groups in total. The highest BCUT2D eigenvalue weighted by Gasteiger charge is 2.34. The summed E-state index contributed by atoms with van der Waals surface area (Å²) >= 11 is 0. The van der Waals surface area contributed by atoms with Crippen molar-refractivity contribution < 1.29 is 9.59 Å². The van der Waals surface area contributed by atoms with E-state index in [-0.39, 0.29) is 23.3 Å². The van der Waals surface area contributed by atoms with Crippen LogP contribution in [-0.4, -0.2) is 53.8 Å². The van der Waals surface area contributed by atoms with Gasteiger partial charge in [0.05, 0.1) is 0 Å². The molecule has 0 saturated carbocycles. The van der Waals surface area contributed by atoms with Gasteiger partial charge in [0.15, 0.2) is 0 Å². The first kappa shape index (κ1) is 13.5. The normalized spacial score (nSPS) is 29.1. The van der Waals surface area contributed by atoms with E-state index in [1.54, 1.807) is 0 Å².